The third kappa shape index (κ3) is 7.69. The lowest BCUT2D eigenvalue weighted by atomic mass is 9.91. The van der Waals surface area contributed by atoms with E-state index in [0.717, 1.165) is 5.56 Å². The monoisotopic (exact) mass is 650 g/mol. The minimum atomic E-state index is -4.98. The van der Waals surface area contributed by atoms with Crippen LogP contribution in [-0.4, -0.2) is 71.2 Å². The third-order valence-corrected chi connectivity index (χ3v) is 8.40. The molecule has 1 unspecified atom stereocenters. The number of carbonyl (C=O) groups excluding carboxylic acids is 1. The minimum absolute atomic E-state index is 0.172. The number of halogens is 3. The van der Waals surface area contributed by atoms with Crippen LogP contribution in [0.4, 0.5) is 18.9 Å². The summed E-state index contributed by atoms with van der Waals surface area (Å²) in [7, 11) is 1.52. The number of ether oxygens (including phenoxy) is 3. The first kappa shape index (κ1) is 33.8. The van der Waals surface area contributed by atoms with Crippen molar-refractivity contribution in [2.24, 2.45) is 0 Å². The standard InChI is InChI=1S/C35H37F3N4O5/c1-4-46-33(43)13-9-24-8-12-31(32(19-24)45-3)47-27-14-17-41(18-15-27)23-34(44,35(36,37)38)29-22-42(21-26-7-5-6-16-40-26)30-20-25(39-2)10-11-28(29)30/h5-8,10-12,16,19-20,22,27,44H,4,9,13-15,17-18,21,23H2,1,3H3. The summed E-state index contributed by atoms with van der Waals surface area (Å²) in [5.74, 6) is 0.737. The number of aliphatic hydroxyl groups is 1. The van der Waals surface area contributed by atoms with Gasteiger partial charge in [0.2, 0.25) is 5.60 Å². The number of pyridine rings is 1. The zero-order valence-corrected chi connectivity index (χ0v) is 26.3. The van der Waals surface area contributed by atoms with E-state index >= 15 is 0 Å². The number of rotatable bonds is 12. The fourth-order valence-corrected chi connectivity index (χ4v) is 5.94. The van der Waals surface area contributed by atoms with Crippen molar-refractivity contribution in [3.63, 3.8) is 0 Å². The average molecular weight is 651 g/mol. The fourth-order valence-electron chi connectivity index (χ4n) is 5.94. The zero-order chi connectivity index (χ0) is 33.6. The second-order valence-corrected chi connectivity index (χ2v) is 11.5. The lowest BCUT2D eigenvalue weighted by Crippen LogP contribution is -2.53. The predicted molar refractivity (Wildman–Crippen MR) is 170 cm³/mol. The molecule has 1 fully saturated rings. The molecule has 4 aromatic rings. The van der Waals surface area contributed by atoms with E-state index in [9.17, 15) is 23.1 Å². The van der Waals surface area contributed by atoms with Crippen LogP contribution in [0.3, 0.4) is 0 Å². The molecule has 0 radical (unpaired) electrons. The number of benzene rings is 2. The molecule has 1 aliphatic rings. The molecular formula is C35H37F3N4O5. The number of piperidine rings is 1. The number of aromatic nitrogens is 2. The second-order valence-electron chi connectivity index (χ2n) is 11.5. The van der Waals surface area contributed by atoms with Crippen LogP contribution < -0.4 is 9.47 Å². The summed E-state index contributed by atoms with van der Waals surface area (Å²) in [5.41, 5.74) is -1.23. The van der Waals surface area contributed by atoms with Gasteiger partial charge in [-0.1, -0.05) is 24.3 Å². The van der Waals surface area contributed by atoms with Crippen LogP contribution >= 0.6 is 0 Å². The van der Waals surface area contributed by atoms with Gasteiger partial charge in [0, 0.05) is 54.9 Å². The van der Waals surface area contributed by atoms with Gasteiger partial charge in [0.15, 0.2) is 17.2 Å². The van der Waals surface area contributed by atoms with E-state index < -0.39 is 18.3 Å². The average Bonchev–Trinajstić information content (AvgIpc) is 3.42. The van der Waals surface area contributed by atoms with Gasteiger partial charge in [-0.25, -0.2) is 4.85 Å². The summed E-state index contributed by atoms with van der Waals surface area (Å²) >= 11 is 0. The van der Waals surface area contributed by atoms with Crippen molar-refractivity contribution in [1.29, 1.82) is 0 Å². The Kier molecular flexibility index (Phi) is 10.4. The number of carbonyl (C=O) groups is 1. The van der Waals surface area contributed by atoms with Crippen molar-refractivity contribution in [3.8, 4) is 11.5 Å². The van der Waals surface area contributed by atoms with Crippen LogP contribution in [0.1, 0.15) is 43.0 Å². The molecule has 0 saturated carbocycles. The number of alkyl halides is 3. The fraction of sp³-hybridized carbons (Fsp3) is 0.400. The molecule has 1 saturated heterocycles. The van der Waals surface area contributed by atoms with Gasteiger partial charge in [0.25, 0.3) is 0 Å². The van der Waals surface area contributed by atoms with Crippen LogP contribution in [0.2, 0.25) is 0 Å². The van der Waals surface area contributed by atoms with E-state index in [-0.39, 0.29) is 54.8 Å². The van der Waals surface area contributed by atoms with Gasteiger partial charge in [-0.05, 0) is 62.1 Å². The van der Waals surface area contributed by atoms with Crippen molar-refractivity contribution in [1.82, 2.24) is 14.5 Å². The Hall–Kier alpha value is -4.60. The Bertz CT molecular complexity index is 1730. The van der Waals surface area contributed by atoms with E-state index in [1.54, 1.807) is 52.9 Å². The molecule has 1 N–H and O–H groups in total. The highest BCUT2D eigenvalue weighted by Gasteiger charge is 2.57. The first-order chi connectivity index (χ1) is 22.5. The largest absolute Gasteiger partial charge is 0.493 e. The number of aryl methyl sites for hydroxylation is 1. The Labute approximate surface area is 271 Å². The molecule has 1 atom stereocenters. The number of fused-ring (bicyclic) bond motifs is 1. The summed E-state index contributed by atoms with van der Waals surface area (Å²) < 4.78 is 62.9. The van der Waals surface area contributed by atoms with E-state index in [1.807, 2.05) is 6.07 Å². The van der Waals surface area contributed by atoms with Crippen molar-refractivity contribution in [2.45, 2.75) is 57.0 Å². The number of hydrogen-bond donors (Lipinski definition) is 1. The molecule has 47 heavy (non-hydrogen) atoms. The zero-order valence-electron chi connectivity index (χ0n) is 26.3. The molecule has 5 rings (SSSR count). The SMILES string of the molecule is [C-]#[N+]c1ccc2c(C(O)(CN3CCC(Oc4ccc(CCC(=O)OCC)cc4OC)CC3)C(F)(F)F)cn(Cc3ccccn3)c2c1. The normalized spacial score (nSPS) is 15.6. The van der Waals surface area contributed by atoms with Gasteiger partial charge in [-0.3, -0.25) is 14.7 Å². The van der Waals surface area contributed by atoms with Crippen molar-refractivity contribution in [2.75, 3.05) is 33.4 Å². The van der Waals surface area contributed by atoms with Crippen LogP contribution in [0.25, 0.3) is 15.7 Å². The van der Waals surface area contributed by atoms with E-state index in [4.69, 9.17) is 20.8 Å². The number of esters is 1. The molecule has 0 spiro atoms. The van der Waals surface area contributed by atoms with Crippen molar-refractivity contribution >= 4 is 22.6 Å². The maximum atomic E-state index is 14.9. The number of hydrogen-bond acceptors (Lipinski definition) is 7. The Morgan fingerprint density at radius 3 is 2.55 bits per heavy atom. The molecule has 248 valence electrons. The van der Waals surface area contributed by atoms with Crippen LogP contribution in [-0.2, 0) is 28.1 Å². The maximum absolute atomic E-state index is 14.9. The molecule has 1 aliphatic heterocycles. The minimum Gasteiger partial charge on any atom is -0.493 e. The Morgan fingerprint density at radius 2 is 1.89 bits per heavy atom. The highest BCUT2D eigenvalue weighted by molar-refractivity contribution is 5.88. The van der Waals surface area contributed by atoms with Gasteiger partial charge >= 0.3 is 12.1 Å². The first-order valence-corrected chi connectivity index (χ1v) is 15.5. The summed E-state index contributed by atoms with van der Waals surface area (Å²) in [6.07, 6.45) is -0.701. The Morgan fingerprint density at radius 1 is 1.11 bits per heavy atom. The summed E-state index contributed by atoms with van der Waals surface area (Å²) in [6, 6.07) is 15.2. The molecule has 9 nitrogen and oxygen atoms in total. The van der Waals surface area contributed by atoms with Crippen LogP contribution in [0.15, 0.2) is 67.0 Å². The summed E-state index contributed by atoms with van der Waals surface area (Å²) in [6.45, 7) is 9.55. The van der Waals surface area contributed by atoms with E-state index in [1.165, 1.54) is 31.5 Å². The number of likely N-dealkylation sites (tertiary alicyclic amines) is 1. The van der Waals surface area contributed by atoms with Gasteiger partial charge in [0.05, 0.1) is 32.5 Å². The number of β-amino-alcohol motifs (C(OH)–C–C–N with tert-alkyl or cyclic N) is 1. The molecule has 2 aromatic heterocycles. The van der Waals surface area contributed by atoms with Gasteiger partial charge < -0.3 is 23.9 Å². The highest BCUT2D eigenvalue weighted by Crippen LogP contribution is 2.44. The van der Waals surface area contributed by atoms with Crippen LogP contribution in [0.5, 0.6) is 11.5 Å². The number of nitrogens with zero attached hydrogens (tertiary/aromatic N) is 4. The quantitative estimate of drug-likeness (QED) is 0.140. The molecule has 0 aliphatic carbocycles. The summed E-state index contributed by atoms with van der Waals surface area (Å²) in [5, 5.41) is 11.8. The third-order valence-electron chi connectivity index (χ3n) is 8.40. The Balaban J connectivity index is 1.31. The van der Waals surface area contributed by atoms with Crippen molar-refractivity contribution in [3.05, 3.63) is 95.2 Å². The molecule has 3 heterocycles. The smallest absolute Gasteiger partial charge is 0.422 e. The van der Waals surface area contributed by atoms with Crippen molar-refractivity contribution < 1.29 is 37.3 Å². The lowest BCUT2D eigenvalue weighted by molar-refractivity contribution is -0.272. The highest BCUT2D eigenvalue weighted by atomic mass is 19.4. The second kappa shape index (κ2) is 14.4. The molecule has 0 amide bonds. The predicted octanol–water partition coefficient (Wildman–Crippen LogP) is 6.43. The molecule has 12 heteroatoms. The van der Waals surface area contributed by atoms with E-state index in [0.29, 0.717) is 48.6 Å². The van der Waals surface area contributed by atoms with Gasteiger partial charge in [0.1, 0.15) is 6.10 Å². The topological polar surface area (TPSA) is 90.4 Å². The summed E-state index contributed by atoms with van der Waals surface area (Å²) in [4.78, 5) is 21.1. The first-order valence-electron chi connectivity index (χ1n) is 15.5. The lowest BCUT2D eigenvalue weighted by Gasteiger charge is -2.39. The van der Waals surface area contributed by atoms with Gasteiger partial charge in [-0.15, -0.1) is 0 Å². The maximum Gasteiger partial charge on any atom is 0.422 e. The molecule has 2 aromatic carbocycles. The van der Waals surface area contributed by atoms with Crippen LogP contribution in [0, 0.1) is 6.57 Å². The van der Waals surface area contributed by atoms with Gasteiger partial charge in [-0.2, -0.15) is 13.2 Å². The molecular weight excluding hydrogens is 613 g/mol. The number of methoxy groups -OCH3 is 1. The van der Waals surface area contributed by atoms with E-state index in [2.05, 4.69) is 9.83 Å². The molecule has 0 bridgehead atoms.